The highest BCUT2D eigenvalue weighted by Gasteiger charge is 2.56. The molecule has 2 aromatic rings. The Hall–Kier alpha value is -3.19. The van der Waals surface area contributed by atoms with E-state index in [1.54, 1.807) is 17.0 Å². The lowest BCUT2D eigenvalue weighted by Gasteiger charge is -2.38. The van der Waals surface area contributed by atoms with Crippen molar-refractivity contribution in [2.24, 2.45) is 0 Å². The maximum absolute atomic E-state index is 13.0. The van der Waals surface area contributed by atoms with Crippen LogP contribution < -0.4 is 10.2 Å². The molecule has 2 heterocycles. The SMILES string of the molecule is CN1C(=O)N(c2ccc(C(=O)O)c(Cc3ccccc3)c2)C2(CCNCC2)C1=O. The van der Waals surface area contributed by atoms with Gasteiger partial charge in [0.15, 0.2) is 0 Å². The maximum Gasteiger partial charge on any atom is 0.335 e. The molecule has 2 fully saturated rings. The molecule has 0 bridgehead atoms. The van der Waals surface area contributed by atoms with Gasteiger partial charge in [-0.25, -0.2) is 9.59 Å². The van der Waals surface area contributed by atoms with Crippen LogP contribution in [0.4, 0.5) is 10.5 Å². The summed E-state index contributed by atoms with van der Waals surface area (Å²) < 4.78 is 0. The van der Waals surface area contributed by atoms with Gasteiger partial charge in [-0.3, -0.25) is 14.6 Å². The second-order valence-electron chi connectivity index (χ2n) is 7.57. The van der Waals surface area contributed by atoms with Gasteiger partial charge < -0.3 is 10.4 Å². The van der Waals surface area contributed by atoms with Gasteiger partial charge in [0.25, 0.3) is 5.91 Å². The fourth-order valence-electron chi connectivity index (χ4n) is 4.35. The van der Waals surface area contributed by atoms with Crippen LogP contribution in [0.1, 0.15) is 34.3 Å². The second-order valence-corrected chi connectivity index (χ2v) is 7.57. The lowest BCUT2D eigenvalue weighted by molar-refractivity contribution is -0.130. The first-order chi connectivity index (χ1) is 13.9. The quantitative estimate of drug-likeness (QED) is 0.779. The highest BCUT2D eigenvalue weighted by atomic mass is 16.4. The van der Waals surface area contributed by atoms with Crippen molar-refractivity contribution in [1.29, 1.82) is 0 Å². The van der Waals surface area contributed by atoms with Crippen LogP contribution in [0, 0.1) is 0 Å². The summed E-state index contributed by atoms with van der Waals surface area (Å²) >= 11 is 0. The number of carboxylic acid groups (broad SMARTS) is 1. The molecule has 0 atom stereocenters. The van der Waals surface area contributed by atoms with Gasteiger partial charge in [-0.05, 0) is 61.7 Å². The number of carbonyl (C=O) groups is 3. The molecule has 2 N–H and O–H groups in total. The van der Waals surface area contributed by atoms with Gasteiger partial charge in [-0.1, -0.05) is 30.3 Å². The standard InChI is InChI=1S/C22H23N3O4/c1-24-20(28)22(9-11-23-12-10-22)25(21(24)29)17-7-8-18(19(26)27)16(14-17)13-15-5-3-2-4-6-15/h2-8,14,23H,9-13H2,1H3,(H,26,27). The molecule has 2 saturated heterocycles. The van der Waals surface area contributed by atoms with Crippen molar-refractivity contribution in [2.45, 2.75) is 24.8 Å². The van der Waals surface area contributed by atoms with Crippen molar-refractivity contribution >= 4 is 23.6 Å². The average molecular weight is 393 g/mol. The first-order valence-electron chi connectivity index (χ1n) is 9.67. The molecule has 7 heteroatoms. The third kappa shape index (κ3) is 3.17. The van der Waals surface area contributed by atoms with Crippen molar-refractivity contribution < 1.29 is 19.5 Å². The zero-order valence-corrected chi connectivity index (χ0v) is 16.2. The normalized spacial score (nSPS) is 18.5. The summed E-state index contributed by atoms with van der Waals surface area (Å²) in [5.41, 5.74) is 1.44. The molecule has 7 nitrogen and oxygen atoms in total. The summed E-state index contributed by atoms with van der Waals surface area (Å²) in [4.78, 5) is 40.4. The highest BCUT2D eigenvalue weighted by molar-refractivity contribution is 6.16. The number of rotatable bonds is 4. The minimum atomic E-state index is -1.01. The average Bonchev–Trinajstić information content (AvgIpc) is 2.90. The Bertz CT molecular complexity index is 967. The van der Waals surface area contributed by atoms with Crippen molar-refractivity contribution in [3.8, 4) is 0 Å². The number of anilines is 1. The fraction of sp³-hybridized carbons (Fsp3) is 0.318. The number of carbonyl (C=O) groups excluding carboxylic acids is 2. The molecule has 150 valence electrons. The Kier molecular flexibility index (Phi) is 4.84. The number of nitrogens with zero attached hydrogens (tertiary/aromatic N) is 2. The van der Waals surface area contributed by atoms with Gasteiger partial charge in [0.1, 0.15) is 5.54 Å². The van der Waals surface area contributed by atoms with Crippen molar-refractivity contribution in [1.82, 2.24) is 10.2 Å². The maximum atomic E-state index is 13.0. The predicted octanol–water partition coefficient (Wildman–Crippen LogP) is 2.50. The zero-order chi connectivity index (χ0) is 20.6. The minimum absolute atomic E-state index is 0.197. The molecular formula is C22H23N3O4. The van der Waals surface area contributed by atoms with Crippen LogP contribution in [-0.2, 0) is 11.2 Å². The van der Waals surface area contributed by atoms with E-state index in [9.17, 15) is 19.5 Å². The van der Waals surface area contributed by atoms with E-state index >= 15 is 0 Å². The molecule has 2 aliphatic heterocycles. The minimum Gasteiger partial charge on any atom is -0.478 e. The highest BCUT2D eigenvalue weighted by Crippen LogP contribution is 2.39. The van der Waals surface area contributed by atoms with E-state index in [4.69, 9.17) is 0 Å². The second kappa shape index (κ2) is 7.33. The first kappa shape index (κ1) is 19.1. The van der Waals surface area contributed by atoms with Crippen LogP contribution in [0.2, 0.25) is 0 Å². The zero-order valence-electron chi connectivity index (χ0n) is 16.2. The summed E-state index contributed by atoms with van der Waals surface area (Å²) in [6.45, 7) is 1.29. The van der Waals surface area contributed by atoms with E-state index in [0.717, 1.165) is 5.56 Å². The van der Waals surface area contributed by atoms with Crippen LogP contribution in [0.25, 0.3) is 0 Å². The van der Waals surface area contributed by atoms with E-state index in [1.807, 2.05) is 30.3 Å². The molecule has 2 aromatic carbocycles. The van der Waals surface area contributed by atoms with E-state index in [2.05, 4.69) is 5.32 Å². The Balaban J connectivity index is 1.79. The van der Waals surface area contributed by atoms with E-state index < -0.39 is 11.5 Å². The number of amides is 3. The number of piperidine rings is 1. The fourth-order valence-corrected chi connectivity index (χ4v) is 4.35. The van der Waals surface area contributed by atoms with Gasteiger partial charge in [0.05, 0.1) is 5.56 Å². The van der Waals surface area contributed by atoms with Crippen molar-refractivity contribution in [3.63, 3.8) is 0 Å². The molecule has 0 unspecified atom stereocenters. The number of urea groups is 1. The Labute approximate surface area is 168 Å². The number of imide groups is 1. The monoisotopic (exact) mass is 393 g/mol. The Morgan fingerprint density at radius 2 is 1.79 bits per heavy atom. The molecule has 4 rings (SSSR count). The molecule has 0 radical (unpaired) electrons. The van der Waals surface area contributed by atoms with Crippen LogP contribution in [0.15, 0.2) is 48.5 Å². The van der Waals surface area contributed by atoms with Gasteiger partial charge >= 0.3 is 12.0 Å². The summed E-state index contributed by atoms with van der Waals surface area (Å²) in [5.74, 6) is -1.21. The summed E-state index contributed by atoms with van der Waals surface area (Å²) in [7, 11) is 1.50. The predicted molar refractivity (Wildman–Crippen MR) is 108 cm³/mol. The van der Waals surface area contributed by atoms with E-state index in [1.165, 1.54) is 18.0 Å². The van der Waals surface area contributed by atoms with Crippen LogP contribution >= 0.6 is 0 Å². The number of likely N-dealkylation sites (N-methyl/N-ethyl adjacent to an activating group) is 1. The molecule has 2 aliphatic rings. The van der Waals surface area contributed by atoms with Crippen LogP contribution in [0.5, 0.6) is 0 Å². The van der Waals surface area contributed by atoms with Crippen LogP contribution in [-0.4, -0.2) is 53.6 Å². The van der Waals surface area contributed by atoms with Gasteiger partial charge in [0.2, 0.25) is 0 Å². The largest absolute Gasteiger partial charge is 0.478 e. The summed E-state index contributed by atoms with van der Waals surface area (Å²) in [6, 6.07) is 14.1. The summed E-state index contributed by atoms with van der Waals surface area (Å²) in [6.07, 6.45) is 1.48. The van der Waals surface area contributed by atoms with Crippen LogP contribution in [0.3, 0.4) is 0 Å². The molecule has 0 aliphatic carbocycles. The smallest absolute Gasteiger partial charge is 0.335 e. The first-order valence-corrected chi connectivity index (χ1v) is 9.67. The van der Waals surface area contributed by atoms with Crippen molar-refractivity contribution in [3.05, 3.63) is 65.2 Å². The number of aromatic carboxylic acids is 1. The van der Waals surface area contributed by atoms with Gasteiger partial charge in [0, 0.05) is 12.7 Å². The van der Waals surface area contributed by atoms with E-state index in [0.29, 0.717) is 43.6 Å². The number of benzene rings is 2. The molecule has 1 spiro atoms. The van der Waals surface area contributed by atoms with E-state index in [-0.39, 0.29) is 17.5 Å². The van der Waals surface area contributed by atoms with Gasteiger partial charge in [-0.15, -0.1) is 0 Å². The lowest BCUT2D eigenvalue weighted by atomic mass is 9.86. The third-order valence-electron chi connectivity index (χ3n) is 5.85. The van der Waals surface area contributed by atoms with Crippen molar-refractivity contribution in [2.75, 3.05) is 25.0 Å². The Morgan fingerprint density at radius 1 is 1.10 bits per heavy atom. The molecule has 0 aromatic heterocycles. The summed E-state index contributed by atoms with van der Waals surface area (Å²) in [5, 5.41) is 12.9. The lowest BCUT2D eigenvalue weighted by Crippen LogP contribution is -2.56. The number of nitrogens with one attached hydrogen (secondary N) is 1. The number of hydrogen-bond acceptors (Lipinski definition) is 4. The third-order valence-corrected chi connectivity index (χ3v) is 5.85. The topological polar surface area (TPSA) is 90.0 Å². The molecule has 29 heavy (non-hydrogen) atoms. The molecular weight excluding hydrogens is 370 g/mol. The molecule has 0 saturated carbocycles. The number of hydrogen-bond donors (Lipinski definition) is 2. The van der Waals surface area contributed by atoms with Gasteiger partial charge in [-0.2, -0.15) is 0 Å². The Morgan fingerprint density at radius 3 is 2.45 bits per heavy atom. The molecule has 3 amide bonds. The number of carboxylic acids is 1.